The molecular formula is C33H41NO8. The van der Waals surface area contributed by atoms with Crippen molar-refractivity contribution in [3.8, 4) is 28.4 Å². The zero-order valence-electron chi connectivity index (χ0n) is 24.2. The van der Waals surface area contributed by atoms with Crippen LogP contribution in [0.5, 0.6) is 17.2 Å². The summed E-state index contributed by atoms with van der Waals surface area (Å²) in [6.45, 7) is 3.47. The van der Waals surface area contributed by atoms with Crippen molar-refractivity contribution in [1.82, 2.24) is 0 Å². The molecule has 0 unspecified atom stereocenters. The molecular weight excluding hydrogens is 538 g/mol. The summed E-state index contributed by atoms with van der Waals surface area (Å²) in [5.74, 6) is -0.136. The molecule has 226 valence electrons. The molecule has 0 aromatic heterocycles. The predicted octanol–water partition coefficient (Wildman–Crippen LogP) is 8.04. The highest BCUT2D eigenvalue weighted by molar-refractivity contribution is 5.88. The van der Waals surface area contributed by atoms with Gasteiger partial charge in [-0.3, -0.25) is 10.1 Å². The van der Waals surface area contributed by atoms with Gasteiger partial charge in [0.1, 0.15) is 17.6 Å². The number of benzene rings is 3. The number of nitro benzene ring substituents is 1. The molecule has 0 saturated heterocycles. The lowest BCUT2D eigenvalue weighted by Gasteiger charge is -2.15. The van der Waals surface area contributed by atoms with Crippen LogP contribution >= 0.6 is 0 Å². The molecule has 3 aromatic carbocycles. The Morgan fingerprint density at radius 3 is 1.93 bits per heavy atom. The topological polar surface area (TPSA) is 128 Å². The van der Waals surface area contributed by atoms with E-state index >= 15 is 0 Å². The second-order valence-electron chi connectivity index (χ2n) is 10.3. The maximum Gasteiger partial charge on any atom is 0.335 e. The Kier molecular flexibility index (Phi) is 13.6. The summed E-state index contributed by atoms with van der Waals surface area (Å²) in [5.41, 5.74) is 2.01. The van der Waals surface area contributed by atoms with Crippen LogP contribution in [0.3, 0.4) is 0 Å². The number of hydrogen-bond acceptors (Lipinski definition) is 7. The number of unbranched alkanes of at least 4 members (excludes halogenated alkanes) is 8. The van der Waals surface area contributed by atoms with E-state index in [1.807, 2.05) is 36.4 Å². The fourth-order valence-corrected chi connectivity index (χ4v) is 4.53. The minimum absolute atomic E-state index is 0.122. The molecule has 9 heteroatoms. The molecule has 0 aliphatic heterocycles. The molecule has 0 bridgehead atoms. The molecule has 0 fully saturated rings. The van der Waals surface area contributed by atoms with E-state index in [0.29, 0.717) is 19.8 Å². The first-order valence-corrected chi connectivity index (χ1v) is 14.6. The van der Waals surface area contributed by atoms with Crippen molar-refractivity contribution in [2.75, 3.05) is 19.8 Å². The molecule has 2 N–H and O–H groups in total. The Morgan fingerprint density at radius 1 is 0.810 bits per heavy atom. The lowest BCUT2D eigenvalue weighted by Crippen LogP contribution is -2.20. The number of hydrogen-bond donors (Lipinski definition) is 2. The zero-order valence-corrected chi connectivity index (χ0v) is 24.2. The van der Waals surface area contributed by atoms with Gasteiger partial charge in [-0.1, -0.05) is 69.2 Å². The quantitative estimate of drug-likeness (QED) is 0.0782. The van der Waals surface area contributed by atoms with Gasteiger partial charge < -0.3 is 24.4 Å². The maximum absolute atomic E-state index is 11.1. The van der Waals surface area contributed by atoms with Gasteiger partial charge in [-0.05, 0) is 67.3 Å². The van der Waals surface area contributed by atoms with Gasteiger partial charge in [-0.2, -0.15) is 0 Å². The van der Waals surface area contributed by atoms with Crippen LogP contribution in [0.4, 0.5) is 5.69 Å². The number of carbonyl (C=O) groups is 1. The van der Waals surface area contributed by atoms with E-state index in [1.165, 1.54) is 44.2 Å². The first kappa shape index (κ1) is 32.4. The minimum atomic E-state index is -0.926. The van der Waals surface area contributed by atoms with E-state index in [1.54, 1.807) is 19.1 Å². The smallest absolute Gasteiger partial charge is 0.335 e. The van der Waals surface area contributed by atoms with Crippen molar-refractivity contribution in [2.24, 2.45) is 0 Å². The summed E-state index contributed by atoms with van der Waals surface area (Å²) < 4.78 is 17.2. The van der Waals surface area contributed by atoms with Gasteiger partial charge in [-0.15, -0.1) is 0 Å². The van der Waals surface area contributed by atoms with E-state index in [2.05, 4.69) is 0 Å². The molecule has 0 radical (unpaired) electrons. The predicted molar refractivity (Wildman–Crippen MR) is 162 cm³/mol. The fraction of sp³-hybridized carbons (Fsp3) is 0.424. The standard InChI is InChI=1S/C33H41NO8/c1-25(42-32-20-17-29(35)23-31(32)34(38)39)24-40-21-9-7-5-3-2-4-6-8-10-22-41-30-18-15-27(16-19-30)26-11-13-28(14-12-26)33(36)37/h11-20,23,25,35H,2-10,21-22,24H2,1H3,(H,36,37)/t25-/m1/s1. The maximum atomic E-state index is 11.1. The van der Waals surface area contributed by atoms with Crippen LogP contribution in [0.2, 0.25) is 0 Å². The number of carboxylic acid groups (broad SMARTS) is 1. The molecule has 1 atom stereocenters. The Labute approximate surface area is 247 Å². The van der Waals surface area contributed by atoms with Crippen LogP contribution in [-0.4, -0.2) is 47.0 Å². The second-order valence-corrected chi connectivity index (χ2v) is 10.3. The van der Waals surface area contributed by atoms with Gasteiger partial charge in [0.2, 0.25) is 0 Å². The SMILES string of the molecule is C[C@H](COCCCCCCCCCCCOc1ccc(-c2ccc(C(=O)O)cc2)cc1)Oc1ccc(O)cc1[N+](=O)[O-]. The van der Waals surface area contributed by atoms with Crippen LogP contribution in [0.15, 0.2) is 66.7 Å². The number of phenolic OH excluding ortho intramolecular Hbond substituents is 1. The average molecular weight is 580 g/mol. The van der Waals surface area contributed by atoms with Gasteiger partial charge >= 0.3 is 11.7 Å². The van der Waals surface area contributed by atoms with Crippen molar-refractivity contribution >= 4 is 11.7 Å². The lowest BCUT2D eigenvalue weighted by molar-refractivity contribution is -0.386. The molecule has 0 heterocycles. The Balaban J connectivity index is 1.14. The van der Waals surface area contributed by atoms with Crippen LogP contribution < -0.4 is 9.47 Å². The number of phenols is 1. The molecule has 3 rings (SSSR count). The lowest BCUT2D eigenvalue weighted by atomic mass is 10.0. The molecule has 0 aliphatic rings. The van der Waals surface area contributed by atoms with Gasteiger partial charge in [0.05, 0.1) is 29.8 Å². The van der Waals surface area contributed by atoms with E-state index in [-0.39, 0.29) is 28.9 Å². The summed E-state index contributed by atoms with van der Waals surface area (Å²) in [4.78, 5) is 21.5. The van der Waals surface area contributed by atoms with Crippen LogP contribution in [0, 0.1) is 10.1 Å². The van der Waals surface area contributed by atoms with Gasteiger partial charge in [-0.25, -0.2) is 4.79 Å². The van der Waals surface area contributed by atoms with E-state index in [0.717, 1.165) is 48.6 Å². The van der Waals surface area contributed by atoms with Gasteiger partial charge in [0.15, 0.2) is 5.75 Å². The highest BCUT2D eigenvalue weighted by Crippen LogP contribution is 2.31. The molecule has 0 amide bonds. The molecule has 9 nitrogen and oxygen atoms in total. The number of ether oxygens (including phenoxy) is 3. The number of carboxylic acids is 1. The number of aromatic hydroxyl groups is 1. The minimum Gasteiger partial charge on any atom is -0.508 e. The van der Waals surface area contributed by atoms with Crippen LogP contribution in [0.25, 0.3) is 11.1 Å². The molecule has 0 aliphatic carbocycles. The van der Waals surface area contributed by atoms with Crippen molar-refractivity contribution < 1.29 is 34.1 Å². The van der Waals surface area contributed by atoms with Crippen LogP contribution in [0.1, 0.15) is 75.1 Å². The Bertz CT molecular complexity index is 1240. The molecule has 3 aromatic rings. The summed E-state index contributed by atoms with van der Waals surface area (Å²) in [6.07, 6.45) is 9.97. The van der Waals surface area contributed by atoms with Crippen molar-refractivity contribution in [2.45, 2.75) is 70.8 Å². The number of nitro groups is 1. The highest BCUT2D eigenvalue weighted by Gasteiger charge is 2.18. The van der Waals surface area contributed by atoms with Crippen LogP contribution in [-0.2, 0) is 4.74 Å². The summed E-state index contributed by atoms with van der Waals surface area (Å²) in [7, 11) is 0. The number of nitrogens with zero attached hydrogens (tertiary/aromatic N) is 1. The summed E-state index contributed by atoms with van der Waals surface area (Å²) in [6, 6.07) is 18.6. The third-order valence-corrected chi connectivity index (χ3v) is 6.84. The van der Waals surface area contributed by atoms with Crippen molar-refractivity contribution in [3.05, 3.63) is 82.4 Å². The van der Waals surface area contributed by atoms with E-state index in [9.17, 15) is 20.0 Å². The van der Waals surface area contributed by atoms with Crippen molar-refractivity contribution in [3.63, 3.8) is 0 Å². The third-order valence-electron chi connectivity index (χ3n) is 6.84. The average Bonchev–Trinajstić information content (AvgIpc) is 2.98. The summed E-state index contributed by atoms with van der Waals surface area (Å²) >= 11 is 0. The number of rotatable bonds is 20. The number of aromatic carboxylic acids is 1. The third kappa shape index (κ3) is 11.4. The Hall–Kier alpha value is -4.11. The Morgan fingerprint density at radius 2 is 1.36 bits per heavy atom. The normalized spacial score (nSPS) is 11.6. The first-order valence-electron chi connectivity index (χ1n) is 14.6. The van der Waals surface area contributed by atoms with Gasteiger partial charge in [0, 0.05) is 6.61 Å². The largest absolute Gasteiger partial charge is 0.508 e. The van der Waals surface area contributed by atoms with E-state index in [4.69, 9.17) is 19.3 Å². The van der Waals surface area contributed by atoms with Crippen molar-refractivity contribution in [1.29, 1.82) is 0 Å². The second kappa shape index (κ2) is 17.6. The molecule has 0 saturated carbocycles. The molecule has 0 spiro atoms. The van der Waals surface area contributed by atoms with Gasteiger partial charge in [0.25, 0.3) is 0 Å². The highest BCUT2D eigenvalue weighted by atomic mass is 16.6. The zero-order chi connectivity index (χ0) is 30.2. The van der Waals surface area contributed by atoms with E-state index < -0.39 is 10.9 Å². The monoisotopic (exact) mass is 579 g/mol. The first-order chi connectivity index (χ1) is 20.3. The molecule has 42 heavy (non-hydrogen) atoms. The fourth-order valence-electron chi connectivity index (χ4n) is 4.53. The summed E-state index contributed by atoms with van der Waals surface area (Å²) in [5, 5.41) is 29.6.